The second kappa shape index (κ2) is 10.1. The van der Waals surface area contributed by atoms with Crippen LogP contribution in [0.25, 0.3) is 0 Å². The number of aliphatic imine (C=N–C) groups is 1. The van der Waals surface area contributed by atoms with Gasteiger partial charge in [0, 0.05) is 10.6 Å². The van der Waals surface area contributed by atoms with Gasteiger partial charge in [-0.3, -0.25) is 0 Å². The van der Waals surface area contributed by atoms with E-state index in [1.54, 1.807) is 18.2 Å². The van der Waals surface area contributed by atoms with Crippen LogP contribution in [-0.4, -0.2) is 57.4 Å². The number of hydrazone groups is 1. The van der Waals surface area contributed by atoms with Crippen molar-refractivity contribution >= 4 is 33.3 Å². The maximum atomic E-state index is 13.3. The van der Waals surface area contributed by atoms with E-state index >= 15 is 0 Å². The number of sulfonamides is 1. The van der Waals surface area contributed by atoms with Crippen molar-refractivity contribution in [3.8, 4) is 0 Å². The van der Waals surface area contributed by atoms with Gasteiger partial charge in [0.1, 0.15) is 12.3 Å². The maximum absolute atomic E-state index is 13.3. The summed E-state index contributed by atoms with van der Waals surface area (Å²) in [5.74, 6) is 0.106. The number of aromatic amines is 1. The highest BCUT2D eigenvalue weighted by Gasteiger charge is 2.45. The van der Waals surface area contributed by atoms with E-state index in [1.807, 2.05) is 48.5 Å². The van der Waals surface area contributed by atoms with Crippen molar-refractivity contribution < 1.29 is 13.5 Å². The molecule has 0 spiro atoms. The molecular formula is C24H21ClN8O3S. The van der Waals surface area contributed by atoms with E-state index in [2.05, 4.69) is 35.4 Å². The molecule has 0 aliphatic carbocycles. The standard InChI is InChI=1S/C24H21ClN8O3S/c25-19-12-7-13-20(14-19)37(35,36)30-23(26-15-21-27-31-32-28-21)33-16-24(34,18-10-5-2-6-11-18)22(29-33)17-8-3-1-4-9-17/h1-14,34H,15-16H2,(H,26,30)(H,27,28,31,32). The number of nitrogens with zero attached hydrogens (tertiary/aromatic N) is 6. The Morgan fingerprint density at radius 3 is 2.49 bits per heavy atom. The van der Waals surface area contributed by atoms with Crippen molar-refractivity contribution in [2.24, 2.45) is 10.1 Å². The molecular weight excluding hydrogens is 516 g/mol. The number of H-pyrrole nitrogens is 1. The fourth-order valence-electron chi connectivity index (χ4n) is 3.86. The van der Waals surface area contributed by atoms with Crippen LogP contribution >= 0.6 is 11.6 Å². The molecule has 1 unspecified atom stereocenters. The van der Waals surface area contributed by atoms with Gasteiger partial charge in [0.15, 0.2) is 11.4 Å². The lowest BCUT2D eigenvalue weighted by atomic mass is 9.86. The summed E-state index contributed by atoms with van der Waals surface area (Å²) in [6.07, 6.45) is 0. The Labute approximate surface area is 217 Å². The molecule has 1 aliphatic heterocycles. The predicted molar refractivity (Wildman–Crippen MR) is 137 cm³/mol. The highest BCUT2D eigenvalue weighted by atomic mass is 35.5. The van der Waals surface area contributed by atoms with Crippen LogP contribution in [-0.2, 0) is 22.2 Å². The topological polar surface area (TPSA) is 149 Å². The number of benzene rings is 3. The molecule has 0 saturated heterocycles. The molecule has 0 amide bonds. The van der Waals surface area contributed by atoms with Crippen LogP contribution in [0.15, 0.2) is 99.9 Å². The van der Waals surface area contributed by atoms with Crippen LogP contribution in [0, 0.1) is 0 Å². The minimum atomic E-state index is -4.12. The van der Waals surface area contributed by atoms with Crippen LogP contribution < -0.4 is 4.72 Å². The minimum absolute atomic E-state index is 0.0583. The first-order chi connectivity index (χ1) is 17.8. The Morgan fingerprint density at radius 2 is 1.81 bits per heavy atom. The van der Waals surface area contributed by atoms with Gasteiger partial charge in [0.05, 0.1) is 11.4 Å². The van der Waals surface area contributed by atoms with Gasteiger partial charge in [0.25, 0.3) is 10.0 Å². The molecule has 188 valence electrons. The van der Waals surface area contributed by atoms with Crippen molar-refractivity contribution in [3.63, 3.8) is 0 Å². The monoisotopic (exact) mass is 536 g/mol. The van der Waals surface area contributed by atoms with E-state index < -0.39 is 15.6 Å². The van der Waals surface area contributed by atoms with Crippen LogP contribution in [0.2, 0.25) is 5.02 Å². The first kappa shape index (κ1) is 24.6. The molecule has 0 fully saturated rings. The second-order valence-corrected chi connectivity index (χ2v) is 10.2. The minimum Gasteiger partial charge on any atom is -0.377 e. The molecule has 1 aliphatic rings. The van der Waals surface area contributed by atoms with Gasteiger partial charge >= 0.3 is 0 Å². The van der Waals surface area contributed by atoms with Gasteiger partial charge in [-0.1, -0.05) is 83.5 Å². The van der Waals surface area contributed by atoms with Gasteiger partial charge in [-0.2, -0.15) is 10.3 Å². The Kier molecular flexibility index (Phi) is 6.70. The van der Waals surface area contributed by atoms with Crippen molar-refractivity contribution in [3.05, 3.63) is 107 Å². The molecule has 3 N–H and O–H groups in total. The average Bonchev–Trinajstić information content (AvgIpc) is 3.56. The summed E-state index contributed by atoms with van der Waals surface area (Å²) < 4.78 is 29.0. The Bertz CT molecular complexity index is 1550. The number of halogens is 1. The van der Waals surface area contributed by atoms with Crippen molar-refractivity contribution in [2.45, 2.75) is 17.0 Å². The third-order valence-corrected chi connectivity index (χ3v) is 7.19. The normalized spacial score (nSPS) is 18.1. The summed E-state index contributed by atoms with van der Waals surface area (Å²) in [7, 11) is -4.12. The molecule has 3 aromatic carbocycles. The summed E-state index contributed by atoms with van der Waals surface area (Å²) in [4.78, 5) is 4.33. The van der Waals surface area contributed by atoms with Crippen molar-refractivity contribution in [2.75, 3.05) is 6.54 Å². The highest BCUT2D eigenvalue weighted by molar-refractivity contribution is 7.90. The number of hydrogen-bond donors (Lipinski definition) is 3. The molecule has 1 aromatic heterocycles. The molecule has 0 radical (unpaired) electrons. The largest absolute Gasteiger partial charge is 0.377 e. The summed E-state index contributed by atoms with van der Waals surface area (Å²) in [6, 6.07) is 24.0. The molecule has 5 rings (SSSR count). The van der Waals surface area contributed by atoms with E-state index in [0.29, 0.717) is 16.8 Å². The van der Waals surface area contributed by atoms with E-state index in [9.17, 15) is 13.5 Å². The predicted octanol–water partition coefficient (Wildman–Crippen LogP) is 2.30. The van der Waals surface area contributed by atoms with Crippen LogP contribution in [0.3, 0.4) is 0 Å². The number of guanidine groups is 1. The number of aromatic nitrogens is 4. The van der Waals surface area contributed by atoms with Gasteiger partial charge in [-0.05, 0) is 23.8 Å². The van der Waals surface area contributed by atoms with Gasteiger partial charge in [-0.15, -0.1) is 10.2 Å². The Hall–Kier alpha value is -4.13. The molecule has 0 saturated carbocycles. The SMILES string of the molecule is O=S(=O)(NC(=NCc1nn[nH]n1)N1CC(O)(c2ccccc2)C(c2ccccc2)=N1)c1cccc(Cl)c1. The molecule has 13 heteroatoms. The number of aliphatic hydroxyl groups is 1. The second-order valence-electron chi connectivity index (χ2n) is 8.13. The summed E-state index contributed by atoms with van der Waals surface area (Å²) >= 11 is 6.02. The third-order valence-electron chi connectivity index (χ3n) is 5.63. The Balaban J connectivity index is 1.57. The fourth-order valence-corrected chi connectivity index (χ4v) is 5.18. The lowest BCUT2D eigenvalue weighted by molar-refractivity contribution is 0.103. The lowest BCUT2D eigenvalue weighted by Gasteiger charge is -2.26. The number of hydrogen-bond acceptors (Lipinski definition) is 8. The van der Waals surface area contributed by atoms with Gasteiger partial charge in [-0.25, -0.2) is 23.1 Å². The molecule has 11 nitrogen and oxygen atoms in total. The zero-order chi connectivity index (χ0) is 25.9. The van der Waals surface area contributed by atoms with Crippen molar-refractivity contribution in [1.82, 2.24) is 30.4 Å². The van der Waals surface area contributed by atoms with Crippen LogP contribution in [0.4, 0.5) is 0 Å². The molecule has 0 bridgehead atoms. The zero-order valence-electron chi connectivity index (χ0n) is 19.2. The number of β-amino-alcohol motifs (C(OH)–C–C–N with tert-alkyl or cyclic N) is 1. The third kappa shape index (κ3) is 5.21. The van der Waals surface area contributed by atoms with Gasteiger partial charge < -0.3 is 5.11 Å². The van der Waals surface area contributed by atoms with Gasteiger partial charge in [0.2, 0.25) is 5.96 Å². The van der Waals surface area contributed by atoms with Crippen molar-refractivity contribution in [1.29, 1.82) is 0 Å². The van der Waals surface area contributed by atoms with Crippen LogP contribution in [0.5, 0.6) is 0 Å². The summed E-state index contributed by atoms with van der Waals surface area (Å²) in [5, 5.41) is 31.7. The lowest BCUT2D eigenvalue weighted by Crippen LogP contribution is -2.45. The average molecular weight is 537 g/mol. The summed E-state index contributed by atoms with van der Waals surface area (Å²) in [6.45, 7) is -0.204. The summed E-state index contributed by atoms with van der Waals surface area (Å²) in [5.41, 5.74) is 0.0483. The molecule has 4 aromatic rings. The zero-order valence-corrected chi connectivity index (χ0v) is 20.8. The molecule has 1 atom stereocenters. The van der Waals surface area contributed by atoms with E-state index in [0.717, 1.165) is 0 Å². The number of rotatable bonds is 6. The fraction of sp³-hybridized carbons (Fsp3) is 0.125. The van der Waals surface area contributed by atoms with Crippen LogP contribution in [0.1, 0.15) is 17.0 Å². The quantitative estimate of drug-likeness (QED) is 0.253. The molecule has 2 heterocycles. The van der Waals surface area contributed by atoms with E-state index in [1.165, 1.54) is 23.2 Å². The Morgan fingerprint density at radius 1 is 1.08 bits per heavy atom. The number of nitrogens with one attached hydrogen (secondary N) is 2. The first-order valence-electron chi connectivity index (χ1n) is 11.1. The highest BCUT2D eigenvalue weighted by Crippen LogP contribution is 2.33. The maximum Gasteiger partial charge on any atom is 0.264 e. The van der Waals surface area contributed by atoms with E-state index in [4.69, 9.17) is 11.6 Å². The number of tetrazole rings is 1. The molecule has 37 heavy (non-hydrogen) atoms. The smallest absolute Gasteiger partial charge is 0.264 e. The first-order valence-corrected chi connectivity index (χ1v) is 13.0. The van der Waals surface area contributed by atoms with E-state index in [-0.39, 0.29) is 34.8 Å².